The van der Waals surface area contributed by atoms with Crippen LogP contribution in [0.2, 0.25) is 0 Å². The zero-order valence-corrected chi connectivity index (χ0v) is 17.2. The molecule has 0 aliphatic heterocycles. The quantitative estimate of drug-likeness (QED) is 0.508. The van der Waals surface area contributed by atoms with Crippen molar-refractivity contribution < 1.29 is 0 Å². The molecular weight excluding hydrogens is 266 g/mol. The predicted molar refractivity (Wildman–Crippen MR) is 102 cm³/mol. The Hall–Kier alpha value is -0.300. The van der Waals surface area contributed by atoms with Crippen molar-refractivity contribution in [3.63, 3.8) is 0 Å². The second-order valence-electron chi connectivity index (χ2n) is 11.0. The summed E-state index contributed by atoms with van der Waals surface area (Å²) in [6.45, 7) is 25.5. The minimum atomic E-state index is 0.298. The van der Waals surface area contributed by atoms with Crippen LogP contribution in [0.1, 0.15) is 88.5 Å². The first-order valence-corrected chi connectivity index (χ1v) is 9.01. The van der Waals surface area contributed by atoms with Gasteiger partial charge in [0.05, 0.1) is 0 Å². The van der Waals surface area contributed by atoms with Gasteiger partial charge in [-0.1, -0.05) is 81.4 Å². The fourth-order valence-electron chi connectivity index (χ4n) is 2.34. The Morgan fingerprint density at radius 2 is 1.23 bits per heavy atom. The first-order chi connectivity index (χ1) is 9.62. The van der Waals surface area contributed by atoms with E-state index in [2.05, 4.69) is 86.7 Å². The summed E-state index contributed by atoms with van der Waals surface area (Å²) >= 11 is 0. The molecule has 0 fully saturated rings. The molecule has 0 radical (unpaired) electrons. The molecule has 0 spiro atoms. The van der Waals surface area contributed by atoms with Crippen molar-refractivity contribution in [2.75, 3.05) is 13.1 Å². The summed E-state index contributed by atoms with van der Waals surface area (Å²) in [6, 6.07) is 0. The molecule has 0 heterocycles. The molecular formula is C21H43N. The maximum atomic E-state index is 3.65. The molecule has 1 heteroatoms. The summed E-state index contributed by atoms with van der Waals surface area (Å²) in [5.41, 5.74) is 1.42. The lowest BCUT2D eigenvalue weighted by Gasteiger charge is -2.31. The van der Waals surface area contributed by atoms with Crippen molar-refractivity contribution in [3.8, 4) is 0 Å². The largest absolute Gasteiger partial charge is 0.316 e. The molecule has 0 aromatic heterocycles. The van der Waals surface area contributed by atoms with Crippen LogP contribution in [0, 0.1) is 21.7 Å². The summed E-state index contributed by atoms with van der Waals surface area (Å²) in [5.74, 6) is 0. The van der Waals surface area contributed by atoms with Crippen LogP contribution in [-0.4, -0.2) is 13.1 Å². The molecule has 132 valence electrons. The lowest BCUT2D eigenvalue weighted by molar-refractivity contribution is 0.249. The van der Waals surface area contributed by atoms with E-state index in [4.69, 9.17) is 0 Å². The van der Waals surface area contributed by atoms with Crippen LogP contribution in [0.25, 0.3) is 0 Å². The number of hydrogen-bond acceptors (Lipinski definition) is 1. The highest BCUT2D eigenvalue weighted by atomic mass is 14.9. The van der Waals surface area contributed by atoms with Gasteiger partial charge in [-0.2, -0.15) is 0 Å². The van der Waals surface area contributed by atoms with Crippen LogP contribution in [0.4, 0.5) is 0 Å². The molecule has 0 aromatic rings. The lowest BCUT2D eigenvalue weighted by atomic mass is 9.78. The molecule has 0 aromatic carbocycles. The highest BCUT2D eigenvalue weighted by Crippen LogP contribution is 2.32. The van der Waals surface area contributed by atoms with E-state index in [0.29, 0.717) is 21.7 Å². The van der Waals surface area contributed by atoms with Crippen molar-refractivity contribution in [1.82, 2.24) is 5.32 Å². The van der Waals surface area contributed by atoms with Gasteiger partial charge in [0.1, 0.15) is 0 Å². The fraction of sp³-hybridized carbons (Fsp3) is 0.905. The topological polar surface area (TPSA) is 12.0 Å². The Morgan fingerprint density at radius 1 is 0.682 bits per heavy atom. The van der Waals surface area contributed by atoms with Crippen LogP contribution in [0.5, 0.6) is 0 Å². The smallest absolute Gasteiger partial charge is 0.000275 e. The fourth-order valence-corrected chi connectivity index (χ4v) is 2.34. The van der Waals surface area contributed by atoms with Gasteiger partial charge < -0.3 is 5.32 Å². The SMILES string of the molecule is CC(C)(C)C/C=C/C(C)(C)CCC(C)(C)CNCC(C)(C)C. The van der Waals surface area contributed by atoms with Gasteiger partial charge in [-0.3, -0.25) is 0 Å². The average molecular weight is 310 g/mol. The number of nitrogens with one attached hydrogen (secondary N) is 1. The highest BCUT2D eigenvalue weighted by Gasteiger charge is 2.23. The third-order valence-corrected chi connectivity index (χ3v) is 4.00. The summed E-state index contributed by atoms with van der Waals surface area (Å²) in [6.07, 6.45) is 8.48. The van der Waals surface area contributed by atoms with E-state index in [0.717, 1.165) is 19.5 Å². The maximum absolute atomic E-state index is 3.65. The van der Waals surface area contributed by atoms with Crippen LogP contribution < -0.4 is 5.32 Å². The van der Waals surface area contributed by atoms with Gasteiger partial charge >= 0.3 is 0 Å². The van der Waals surface area contributed by atoms with Crippen LogP contribution in [-0.2, 0) is 0 Å². The van der Waals surface area contributed by atoms with Gasteiger partial charge in [0, 0.05) is 13.1 Å². The van der Waals surface area contributed by atoms with Crippen molar-refractivity contribution in [3.05, 3.63) is 12.2 Å². The molecule has 22 heavy (non-hydrogen) atoms. The van der Waals surface area contributed by atoms with Crippen molar-refractivity contribution in [1.29, 1.82) is 0 Å². The molecule has 0 aliphatic carbocycles. The van der Waals surface area contributed by atoms with Gasteiger partial charge in [-0.15, -0.1) is 0 Å². The van der Waals surface area contributed by atoms with Crippen molar-refractivity contribution in [2.24, 2.45) is 21.7 Å². The van der Waals surface area contributed by atoms with Crippen LogP contribution >= 0.6 is 0 Å². The Labute approximate surface area is 141 Å². The lowest BCUT2D eigenvalue weighted by Crippen LogP contribution is -2.35. The molecule has 0 bridgehead atoms. The van der Waals surface area contributed by atoms with E-state index in [1.807, 2.05) is 0 Å². The molecule has 0 saturated heterocycles. The standard InChI is InChI=1S/C21H43N/c1-18(2,3)12-11-13-20(7,8)14-15-21(9,10)17-22-16-19(4,5)6/h11,13,22H,12,14-17H2,1-10H3/b13-11+. The molecule has 0 aliphatic rings. The zero-order chi connectivity index (χ0) is 17.7. The Morgan fingerprint density at radius 3 is 1.68 bits per heavy atom. The second kappa shape index (κ2) is 7.99. The first-order valence-electron chi connectivity index (χ1n) is 9.01. The van der Waals surface area contributed by atoms with Crippen molar-refractivity contribution in [2.45, 2.75) is 88.5 Å². The third-order valence-electron chi connectivity index (χ3n) is 4.00. The van der Waals surface area contributed by atoms with E-state index in [1.165, 1.54) is 12.8 Å². The zero-order valence-electron chi connectivity index (χ0n) is 17.2. The predicted octanol–water partition coefficient (Wildman–Crippen LogP) is 6.45. The third kappa shape index (κ3) is 13.4. The molecule has 0 atom stereocenters. The van der Waals surface area contributed by atoms with E-state index in [9.17, 15) is 0 Å². The molecule has 1 N–H and O–H groups in total. The van der Waals surface area contributed by atoms with Crippen LogP contribution in [0.15, 0.2) is 12.2 Å². The molecule has 0 unspecified atom stereocenters. The summed E-state index contributed by atoms with van der Waals surface area (Å²) < 4.78 is 0. The second-order valence-corrected chi connectivity index (χ2v) is 11.0. The minimum Gasteiger partial charge on any atom is -0.316 e. The van der Waals surface area contributed by atoms with Crippen molar-refractivity contribution >= 4 is 0 Å². The van der Waals surface area contributed by atoms with E-state index < -0.39 is 0 Å². The van der Waals surface area contributed by atoms with Gasteiger partial charge in [0.25, 0.3) is 0 Å². The molecule has 1 nitrogen and oxygen atoms in total. The Kier molecular flexibility index (Phi) is 7.89. The van der Waals surface area contributed by atoms with Crippen LogP contribution in [0.3, 0.4) is 0 Å². The molecule has 0 amide bonds. The van der Waals surface area contributed by atoms with Gasteiger partial charge in [-0.05, 0) is 40.9 Å². The van der Waals surface area contributed by atoms with Gasteiger partial charge in [0.2, 0.25) is 0 Å². The normalized spacial score (nSPS) is 14.8. The maximum Gasteiger partial charge on any atom is 0.000275 e. The number of allylic oxidation sites excluding steroid dienone is 2. The Bertz CT molecular complexity index is 334. The summed E-state index contributed by atoms with van der Waals surface area (Å²) in [5, 5.41) is 3.65. The average Bonchev–Trinajstić information content (AvgIpc) is 2.22. The van der Waals surface area contributed by atoms with E-state index >= 15 is 0 Å². The highest BCUT2D eigenvalue weighted by molar-refractivity contribution is 4.97. The van der Waals surface area contributed by atoms with E-state index in [-0.39, 0.29) is 0 Å². The molecule has 0 saturated carbocycles. The Balaban J connectivity index is 4.26. The summed E-state index contributed by atoms with van der Waals surface area (Å²) in [7, 11) is 0. The minimum absolute atomic E-state index is 0.298. The van der Waals surface area contributed by atoms with Gasteiger partial charge in [0.15, 0.2) is 0 Å². The van der Waals surface area contributed by atoms with E-state index in [1.54, 1.807) is 0 Å². The number of rotatable bonds is 8. The molecule has 0 rings (SSSR count). The first kappa shape index (κ1) is 21.7. The number of hydrogen-bond donors (Lipinski definition) is 1. The summed E-state index contributed by atoms with van der Waals surface area (Å²) in [4.78, 5) is 0. The van der Waals surface area contributed by atoms with Gasteiger partial charge in [-0.25, -0.2) is 0 Å². The monoisotopic (exact) mass is 309 g/mol.